The van der Waals surface area contributed by atoms with Crippen LogP contribution >= 0.6 is 0 Å². The predicted octanol–water partition coefficient (Wildman–Crippen LogP) is 9.43. The van der Waals surface area contributed by atoms with Crippen molar-refractivity contribution in [2.45, 2.75) is 97.8 Å². The lowest BCUT2D eigenvalue weighted by atomic mass is 9.82. The molecule has 1 aliphatic rings. The third-order valence-electron chi connectivity index (χ3n) is 7.60. The van der Waals surface area contributed by atoms with Gasteiger partial charge in [0.1, 0.15) is 5.75 Å². The third-order valence-corrected chi connectivity index (χ3v) is 7.60. The number of carbonyl (C=O) groups excluding carboxylic acids is 1. The Kier molecular flexibility index (Phi) is 10.9. The standard InChI is InChI=1S/C32H44O2/c1-4-7-8-9-10-26-15-23-31(24-16-26)34-32(33)30-21-19-29(20-22-30)28-17-13-27(14-18-28)12-11-25(5-2)6-3/h15-17,19-25,27H,4-14,18H2,1-3H3. The van der Waals surface area contributed by atoms with E-state index in [-0.39, 0.29) is 5.97 Å². The number of ether oxygens (including phenoxy) is 1. The van der Waals surface area contributed by atoms with Crippen molar-refractivity contribution in [3.8, 4) is 5.75 Å². The molecule has 0 heterocycles. The van der Waals surface area contributed by atoms with E-state index in [4.69, 9.17) is 4.74 Å². The Hall–Kier alpha value is -2.35. The van der Waals surface area contributed by atoms with Gasteiger partial charge >= 0.3 is 5.97 Å². The molecule has 0 fully saturated rings. The zero-order valence-corrected chi connectivity index (χ0v) is 21.7. The van der Waals surface area contributed by atoms with Gasteiger partial charge in [0.15, 0.2) is 0 Å². The van der Waals surface area contributed by atoms with E-state index in [9.17, 15) is 4.79 Å². The Balaban J connectivity index is 1.48. The normalized spacial score (nSPS) is 15.9. The fraction of sp³-hybridized carbons (Fsp3) is 0.531. The summed E-state index contributed by atoms with van der Waals surface area (Å²) in [5.74, 6) is 2.05. The Morgan fingerprint density at radius 2 is 1.68 bits per heavy atom. The second-order valence-electron chi connectivity index (χ2n) is 10.1. The number of hydrogen-bond donors (Lipinski definition) is 0. The van der Waals surface area contributed by atoms with Crippen LogP contribution in [0, 0.1) is 11.8 Å². The number of benzene rings is 2. The van der Waals surface area contributed by atoms with Gasteiger partial charge in [-0.25, -0.2) is 4.79 Å². The lowest BCUT2D eigenvalue weighted by Gasteiger charge is -2.24. The SMILES string of the molecule is CCCCCCc1ccc(OC(=O)c2ccc(C3=CCC(CCC(CC)CC)CC3)cc2)cc1. The number of allylic oxidation sites excluding steroid dienone is 2. The van der Waals surface area contributed by atoms with Gasteiger partial charge in [-0.3, -0.25) is 0 Å². The lowest BCUT2D eigenvalue weighted by molar-refractivity contribution is 0.0734. The van der Waals surface area contributed by atoms with Crippen LogP contribution in [-0.2, 0) is 6.42 Å². The van der Waals surface area contributed by atoms with E-state index in [2.05, 4.69) is 51.1 Å². The van der Waals surface area contributed by atoms with E-state index in [1.165, 1.54) is 80.9 Å². The van der Waals surface area contributed by atoms with E-state index < -0.39 is 0 Å². The molecular weight excluding hydrogens is 416 g/mol. The van der Waals surface area contributed by atoms with E-state index in [1.54, 1.807) is 0 Å². The molecule has 0 N–H and O–H groups in total. The van der Waals surface area contributed by atoms with Crippen LogP contribution in [0.2, 0.25) is 0 Å². The van der Waals surface area contributed by atoms with Gasteiger partial charge in [-0.1, -0.05) is 89.6 Å². The monoisotopic (exact) mass is 460 g/mol. The summed E-state index contributed by atoms with van der Waals surface area (Å²) in [5.41, 5.74) is 4.57. The Morgan fingerprint density at radius 1 is 0.941 bits per heavy atom. The summed E-state index contributed by atoms with van der Waals surface area (Å²) >= 11 is 0. The molecule has 1 atom stereocenters. The maximum atomic E-state index is 12.6. The number of unbranched alkanes of at least 4 members (excludes halogenated alkanes) is 3. The lowest BCUT2D eigenvalue weighted by Crippen LogP contribution is -2.09. The first-order valence-electron chi connectivity index (χ1n) is 13.7. The minimum absolute atomic E-state index is 0.290. The van der Waals surface area contributed by atoms with Crippen LogP contribution < -0.4 is 4.74 Å². The van der Waals surface area contributed by atoms with Crippen LogP contribution in [0.25, 0.3) is 5.57 Å². The molecule has 0 saturated carbocycles. The van der Waals surface area contributed by atoms with Crippen LogP contribution in [0.15, 0.2) is 54.6 Å². The van der Waals surface area contributed by atoms with Crippen molar-refractivity contribution in [3.63, 3.8) is 0 Å². The zero-order valence-electron chi connectivity index (χ0n) is 21.7. The summed E-state index contributed by atoms with van der Waals surface area (Å²) in [6, 6.07) is 15.9. The number of carbonyl (C=O) groups is 1. The first kappa shape index (κ1) is 26.3. The summed E-state index contributed by atoms with van der Waals surface area (Å²) in [6.07, 6.45) is 17.5. The summed E-state index contributed by atoms with van der Waals surface area (Å²) in [4.78, 5) is 12.6. The highest BCUT2D eigenvalue weighted by atomic mass is 16.5. The van der Waals surface area contributed by atoms with E-state index in [0.29, 0.717) is 11.3 Å². The van der Waals surface area contributed by atoms with Crippen molar-refractivity contribution in [2.75, 3.05) is 0 Å². The topological polar surface area (TPSA) is 26.3 Å². The summed E-state index contributed by atoms with van der Waals surface area (Å²) in [7, 11) is 0. The van der Waals surface area contributed by atoms with Crippen LogP contribution in [0.1, 0.15) is 113 Å². The van der Waals surface area contributed by atoms with Gasteiger partial charge in [0.25, 0.3) is 0 Å². The van der Waals surface area contributed by atoms with Crippen LogP contribution in [0.5, 0.6) is 5.75 Å². The molecule has 0 aliphatic heterocycles. The molecular formula is C32H44O2. The van der Waals surface area contributed by atoms with Gasteiger partial charge in [0, 0.05) is 0 Å². The largest absolute Gasteiger partial charge is 0.423 e. The van der Waals surface area contributed by atoms with Crippen molar-refractivity contribution < 1.29 is 9.53 Å². The highest BCUT2D eigenvalue weighted by molar-refractivity contribution is 5.91. The molecule has 2 aromatic carbocycles. The first-order valence-corrected chi connectivity index (χ1v) is 13.7. The van der Waals surface area contributed by atoms with Crippen molar-refractivity contribution in [1.82, 2.24) is 0 Å². The quantitative estimate of drug-likeness (QED) is 0.169. The molecule has 0 radical (unpaired) electrons. The van der Waals surface area contributed by atoms with E-state index in [0.717, 1.165) is 24.7 Å². The molecule has 184 valence electrons. The Labute approximate surface area is 207 Å². The van der Waals surface area contributed by atoms with Crippen LogP contribution in [-0.4, -0.2) is 5.97 Å². The highest BCUT2D eigenvalue weighted by Gasteiger charge is 2.17. The maximum Gasteiger partial charge on any atom is 0.343 e. The number of aryl methyl sites for hydroxylation is 1. The molecule has 1 unspecified atom stereocenters. The number of hydrogen-bond acceptors (Lipinski definition) is 2. The average Bonchev–Trinajstić information content (AvgIpc) is 2.88. The molecule has 0 bridgehead atoms. The third kappa shape index (κ3) is 8.15. The van der Waals surface area contributed by atoms with Crippen LogP contribution in [0.3, 0.4) is 0 Å². The zero-order chi connectivity index (χ0) is 24.2. The van der Waals surface area contributed by atoms with Gasteiger partial charge in [-0.15, -0.1) is 0 Å². The number of esters is 1. The molecule has 0 saturated heterocycles. The van der Waals surface area contributed by atoms with Gasteiger partial charge < -0.3 is 4.74 Å². The van der Waals surface area contributed by atoms with Crippen molar-refractivity contribution in [2.24, 2.45) is 11.8 Å². The molecule has 0 spiro atoms. The molecule has 1 aliphatic carbocycles. The second kappa shape index (κ2) is 14.1. The van der Waals surface area contributed by atoms with E-state index in [1.807, 2.05) is 24.3 Å². The molecule has 2 heteroatoms. The fourth-order valence-corrected chi connectivity index (χ4v) is 5.05. The smallest absolute Gasteiger partial charge is 0.343 e. The number of rotatable bonds is 13. The summed E-state index contributed by atoms with van der Waals surface area (Å²) in [6.45, 7) is 6.87. The van der Waals surface area contributed by atoms with Crippen molar-refractivity contribution in [3.05, 3.63) is 71.3 Å². The minimum Gasteiger partial charge on any atom is -0.423 e. The summed E-state index contributed by atoms with van der Waals surface area (Å²) in [5, 5.41) is 0. The molecule has 3 rings (SSSR count). The Morgan fingerprint density at radius 3 is 2.29 bits per heavy atom. The van der Waals surface area contributed by atoms with Gasteiger partial charge in [-0.2, -0.15) is 0 Å². The average molecular weight is 461 g/mol. The molecule has 2 nitrogen and oxygen atoms in total. The predicted molar refractivity (Wildman–Crippen MR) is 144 cm³/mol. The summed E-state index contributed by atoms with van der Waals surface area (Å²) < 4.78 is 5.61. The van der Waals surface area contributed by atoms with Gasteiger partial charge in [0.2, 0.25) is 0 Å². The van der Waals surface area contributed by atoms with Crippen molar-refractivity contribution >= 4 is 11.5 Å². The minimum atomic E-state index is -0.290. The Bertz CT molecular complexity index is 888. The first-order chi connectivity index (χ1) is 16.6. The maximum absolute atomic E-state index is 12.6. The van der Waals surface area contributed by atoms with E-state index >= 15 is 0 Å². The van der Waals surface area contributed by atoms with Crippen LogP contribution in [0.4, 0.5) is 0 Å². The molecule has 2 aromatic rings. The van der Waals surface area contributed by atoms with Crippen molar-refractivity contribution in [1.29, 1.82) is 0 Å². The second-order valence-corrected chi connectivity index (χ2v) is 10.1. The highest BCUT2D eigenvalue weighted by Crippen LogP contribution is 2.34. The molecule has 0 aromatic heterocycles. The molecule has 34 heavy (non-hydrogen) atoms. The van der Waals surface area contributed by atoms with Gasteiger partial charge in [0.05, 0.1) is 5.56 Å². The molecule has 0 amide bonds. The van der Waals surface area contributed by atoms with Gasteiger partial charge in [-0.05, 0) is 91.3 Å². The fourth-order valence-electron chi connectivity index (χ4n) is 5.05.